The highest BCUT2D eigenvalue weighted by atomic mass is 19.4. The maximum atomic E-state index is 12.7. The molecule has 0 fully saturated rings. The van der Waals surface area contributed by atoms with Crippen molar-refractivity contribution >= 4 is 17.2 Å². The molecule has 0 unspecified atom stereocenters. The molecule has 4 nitrogen and oxygen atoms in total. The highest BCUT2D eigenvalue weighted by Crippen LogP contribution is 2.30. The minimum absolute atomic E-state index is 0.0682. The van der Waals surface area contributed by atoms with E-state index < -0.39 is 17.6 Å². The minimum atomic E-state index is -4.46. The van der Waals surface area contributed by atoms with Gasteiger partial charge in [0.05, 0.1) is 5.56 Å². The van der Waals surface area contributed by atoms with Crippen molar-refractivity contribution in [1.82, 2.24) is 9.38 Å². The van der Waals surface area contributed by atoms with Crippen LogP contribution in [-0.2, 0) is 6.18 Å². The van der Waals surface area contributed by atoms with E-state index >= 15 is 0 Å². The van der Waals surface area contributed by atoms with Gasteiger partial charge in [-0.05, 0) is 37.3 Å². The van der Waals surface area contributed by atoms with Crippen LogP contribution in [0, 0.1) is 6.92 Å². The van der Waals surface area contributed by atoms with Crippen molar-refractivity contribution in [3.63, 3.8) is 0 Å². The summed E-state index contributed by atoms with van der Waals surface area (Å²) >= 11 is 0. The number of carbonyl (C=O) groups is 1. The van der Waals surface area contributed by atoms with Crippen molar-refractivity contribution in [3.05, 3.63) is 65.6 Å². The Hall–Kier alpha value is -2.83. The molecule has 0 spiro atoms. The molecule has 0 radical (unpaired) electrons. The SMILES string of the molecule is Cc1cccc2nc(C(=O)Nc3cccc(C(F)(F)F)c3)cn12. The first-order valence-corrected chi connectivity index (χ1v) is 6.78. The zero-order valence-corrected chi connectivity index (χ0v) is 12.1. The van der Waals surface area contributed by atoms with Crippen LogP contribution in [0.25, 0.3) is 5.65 Å². The number of anilines is 1. The Morgan fingerprint density at radius 3 is 2.61 bits per heavy atom. The third kappa shape index (κ3) is 3.03. The maximum absolute atomic E-state index is 12.7. The van der Waals surface area contributed by atoms with E-state index in [0.29, 0.717) is 5.65 Å². The van der Waals surface area contributed by atoms with Gasteiger partial charge in [0.2, 0.25) is 0 Å². The quantitative estimate of drug-likeness (QED) is 0.778. The summed E-state index contributed by atoms with van der Waals surface area (Å²) in [6.07, 6.45) is -2.91. The molecule has 1 amide bonds. The molecule has 0 atom stereocenters. The summed E-state index contributed by atoms with van der Waals surface area (Å²) in [5.74, 6) is -0.563. The van der Waals surface area contributed by atoms with E-state index in [1.165, 1.54) is 12.1 Å². The van der Waals surface area contributed by atoms with E-state index in [0.717, 1.165) is 17.8 Å². The van der Waals surface area contributed by atoms with Gasteiger partial charge in [-0.1, -0.05) is 12.1 Å². The first kappa shape index (κ1) is 15.1. The van der Waals surface area contributed by atoms with Crippen LogP contribution in [0.3, 0.4) is 0 Å². The van der Waals surface area contributed by atoms with Crippen LogP contribution in [-0.4, -0.2) is 15.3 Å². The lowest BCUT2D eigenvalue weighted by atomic mass is 10.2. The number of nitrogens with zero attached hydrogens (tertiary/aromatic N) is 2. The second-order valence-corrected chi connectivity index (χ2v) is 5.05. The van der Waals surface area contributed by atoms with Gasteiger partial charge in [0.1, 0.15) is 11.3 Å². The number of carbonyl (C=O) groups excluding carboxylic acids is 1. The molecule has 3 rings (SSSR count). The van der Waals surface area contributed by atoms with Crippen LogP contribution in [0.2, 0.25) is 0 Å². The van der Waals surface area contributed by atoms with Crippen molar-refractivity contribution in [1.29, 1.82) is 0 Å². The lowest BCUT2D eigenvalue weighted by Gasteiger charge is -2.09. The number of hydrogen-bond donors (Lipinski definition) is 1. The number of benzene rings is 1. The van der Waals surface area contributed by atoms with Crippen molar-refractivity contribution in [2.75, 3.05) is 5.32 Å². The van der Waals surface area contributed by atoms with Crippen LogP contribution in [0.5, 0.6) is 0 Å². The van der Waals surface area contributed by atoms with Gasteiger partial charge in [-0.15, -0.1) is 0 Å². The van der Waals surface area contributed by atoms with Crippen LogP contribution >= 0.6 is 0 Å². The number of hydrogen-bond acceptors (Lipinski definition) is 2. The summed E-state index contributed by atoms with van der Waals surface area (Å²) in [5.41, 5.74) is 0.878. The predicted molar refractivity (Wildman–Crippen MR) is 79.3 cm³/mol. The van der Waals surface area contributed by atoms with Gasteiger partial charge in [0, 0.05) is 17.6 Å². The Labute approximate surface area is 129 Å². The van der Waals surface area contributed by atoms with E-state index in [4.69, 9.17) is 0 Å². The summed E-state index contributed by atoms with van der Waals surface area (Å²) in [4.78, 5) is 16.4. The fraction of sp³-hybridized carbons (Fsp3) is 0.125. The van der Waals surface area contributed by atoms with Crippen molar-refractivity contribution in [2.24, 2.45) is 0 Å². The van der Waals surface area contributed by atoms with Gasteiger partial charge in [-0.2, -0.15) is 13.2 Å². The zero-order valence-electron chi connectivity index (χ0n) is 12.1. The Balaban J connectivity index is 1.87. The molecule has 23 heavy (non-hydrogen) atoms. The number of aryl methyl sites for hydroxylation is 1. The number of nitrogens with one attached hydrogen (secondary N) is 1. The number of fused-ring (bicyclic) bond motifs is 1. The smallest absolute Gasteiger partial charge is 0.321 e. The summed E-state index contributed by atoms with van der Waals surface area (Å²) in [7, 11) is 0. The highest BCUT2D eigenvalue weighted by molar-refractivity contribution is 6.03. The Bertz CT molecular complexity index is 884. The van der Waals surface area contributed by atoms with Crippen LogP contribution in [0.4, 0.5) is 18.9 Å². The number of pyridine rings is 1. The molecule has 0 aliphatic carbocycles. The van der Waals surface area contributed by atoms with E-state index in [-0.39, 0.29) is 11.4 Å². The first-order chi connectivity index (χ1) is 10.8. The second kappa shape index (κ2) is 5.42. The number of rotatable bonds is 2. The number of imidazole rings is 1. The molecule has 0 saturated heterocycles. The molecule has 2 aromatic heterocycles. The monoisotopic (exact) mass is 319 g/mol. The standard InChI is InChI=1S/C16H12F3N3O/c1-10-4-2-7-14-21-13(9-22(10)14)15(23)20-12-6-3-5-11(8-12)16(17,18)19/h2-9H,1H3,(H,20,23). The van der Waals surface area contributed by atoms with E-state index in [1.807, 2.05) is 19.1 Å². The average Bonchev–Trinajstić information content (AvgIpc) is 2.92. The number of halogens is 3. The molecule has 1 aromatic carbocycles. The summed E-state index contributed by atoms with van der Waals surface area (Å²) in [5, 5.41) is 2.44. The molecule has 0 saturated carbocycles. The first-order valence-electron chi connectivity index (χ1n) is 6.78. The number of aromatic nitrogens is 2. The largest absolute Gasteiger partial charge is 0.416 e. The third-order valence-electron chi connectivity index (χ3n) is 3.38. The molecule has 0 aliphatic heterocycles. The maximum Gasteiger partial charge on any atom is 0.416 e. The number of amides is 1. The van der Waals surface area contributed by atoms with Crippen molar-refractivity contribution < 1.29 is 18.0 Å². The predicted octanol–water partition coefficient (Wildman–Crippen LogP) is 3.91. The lowest BCUT2D eigenvalue weighted by molar-refractivity contribution is -0.137. The third-order valence-corrected chi connectivity index (χ3v) is 3.38. The van der Waals surface area contributed by atoms with Crippen LogP contribution in [0.15, 0.2) is 48.7 Å². The fourth-order valence-corrected chi connectivity index (χ4v) is 2.23. The topological polar surface area (TPSA) is 46.4 Å². The zero-order chi connectivity index (χ0) is 16.6. The minimum Gasteiger partial charge on any atom is -0.321 e. The molecule has 1 N–H and O–H groups in total. The molecule has 2 heterocycles. The molecular formula is C16H12F3N3O. The summed E-state index contributed by atoms with van der Waals surface area (Å²) < 4.78 is 39.8. The normalized spacial score (nSPS) is 11.7. The average molecular weight is 319 g/mol. The second-order valence-electron chi connectivity index (χ2n) is 5.05. The molecule has 7 heteroatoms. The fourth-order valence-electron chi connectivity index (χ4n) is 2.23. The molecule has 0 bridgehead atoms. The van der Waals surface area contributed by atoms with Gasteiger partial charge in [-0.25, -0.2) is 4.98 Å². The van der Waals surface area contributed by atoms with Gasteiger partial charge in [0.25, 0.3) is 5.91 Å². The van der Waals surface area contributed by atoms with Crippen molar-refractivity contribution in [3.8, 4) is 0 Å². The van der Waals surface area contributed by atoms with Gasteiger partial charge < -0.3 is 9.72 Å². The van der Waals surface area contributed by atoms with E-state index in [2.05, 4.69) is 10.3 Å². The van der Waals surface area contributed by atoms with Gasteiger partial charge >= 0.3 is 6.18 Å². The van der Waals surface area contributed by atoms with Crippen molar-refractivity contribution in [2.45, 2.75) is 13.1 Å². The van der Waals surface area contributed by atoms with Crippen LogP contribution < -0.4 is 5.32 Å². The van der Waals surface area contributed by atoms with E-state index in [9.17, 15) is 18.0 Å². The van der Waals surface area contributed by atoms with E-state index in [1.54, 1.807) is 16.7 Å². The Kier molecular flexibility index (Phi) is 3.55. The summed E-state index contributed by atoms with van der Waals surface area (Å²) in [6.45, 7) is 1.86. The molecular weight excluding hydrogens is 307 g/mol. The molecule has 3 aromatic rings. The van der Waals surface area contributed by atoms with Crippen LogP contribution in [0.1, 0.15) is 21.7 Å². The highest BCUT2D eigenvalue weighted by Gasteiger charge is 2.30. The Morgan fingerprint density at radius 2 is 1.91 bits per heavy atom. The molecule has 0 aliphatic rings. The molecule has 118 valence electrons. The van der Waals surface area contributed by atoms with Gasteiger partial charge in [-0.3, -0.25) is 4.79 Å². The lowest BCUT2D eigenvalue weighted by Crippen LogP contribution is -2.13. The summed E-state index contributed by atoms with van der Waals surface area (Å²) in [6, 6.07) is 9.90. The number of alkyl halides is 3. The van der Waals surface area contributed by atoms with Gasteiger partial charge in [0.15, 0.2) is 0 Å². The Morgan fingerprint density at radius 1 is 1.17 bits per heavy atom.